The Kier molecular flexibility index (Phi) is 4.99. The largest absolute Gasteiger partial charge is 0.465 e. The lowest BCUT2D eigenvalue weighted by molar-refractivity contribution is 0.0606. The van der Waals surface area contributed by atoms with E-state index in [9.17, 15) is 4.79 Å². The highest BCUT2D eigenvalue weighted by Crippen LogP contribution is 2.32. The van der Waals surface area contributed by atoms with Crippen molar-refractivity contribution < 1.29 is 9.53 Å². The molecule has 0 aliphatic rings. The summed E-state index contributed by atoms with van der Waals surface area (Å²) in [5, 5.41) is 4.32. The van der Waals surface area contributed by atoms with E-state index in [-0.39, 0.29) is 5.97 Å². The van der Waals surface area contributed by atoms with Crippen molar-refractivity contribution in [1.82, 2.24) is 9.97 Å². The predicted molar refractivity (Wildman–Crippen MR) is 102 cm³/mol. The number of hydrogen-bond donors (Lipinski definition) is 1. The van der Waals surface area contributed by atoms with Crippen molar-refractivity contribution in [2.75, 3.05) is 12.4 Å². The molecule has 6 heteroatoms. The molecular weight excluding hydrogens is 334 g/mol. The molecule has 0 saturated carbocycles. The molecule has 0 fully saturated rings. The van der Waals surface area contributed by atoms with Gasteiger partial charge in [-0.25, -0.2) is 9.78 Å². The average Bonchev–Trinajstić information content (AvgIpc) is 3.01. The smallest absolute Gasteiger partial charge is 0.348 e. The van der Waals surface area contributed by atoms with E-state index in [4.69, 9.17) is 4.74 Å². The zero-order valence-electron chi connectivity index (χ0n) is 14.8. The molecule has 3 heterocycles. The molecule has 5 nitrogen and oxygen atoms in total. The molecule has 0 radical (unpaired) electrons. The van der Waals surface area contributed by atoms with Crippen molar-refractivity contribution in [3.63, 3.8) is 0 Å². The van der Waals surface area contributed by atoms with Gasteiger partial charge in [-0.3, -0.25) is 4.98 Å². The molecule has 0 spiro atoms. The second kappa shape index (κ2) is 7.19. The lowest BCUT2D eigenvalue weighted by Gasteiger charge is -2.12. The van der Waals surface area contributed by atoms with Crippen molar-refractivity contribution in [3.8, 4) is 0 Å². The Morgan fingerprint density at radius 1 is 1.28 bits per heavy atom. The number of pyridine rings is 2. The highest BCUT2D eigenvalue weighted by atomic mass is 32.1. The third kappa shape index (κ3) is 3.79. The first kappa shape index (κ1) is 17.4. The van der Waals surface area contributed by atoms with Crippen LogP contribution < -0.4 is 5.32 Å². The number of nitrogens with zero attached hydrogens (tertiary/aromatic N) is 2. The second-order valence-corrected chi connectivity index (χ2v) is 7.42. The zero-order chi connectivity index (χ0) is 18.0. The van der Waals surface area contributed by atoms with Crippen LogP contribution in [0.5, 0.6) is 0 Å². The number of anilines is 2. The van der Waals surface area contributed by atoms with Crippen molar-refractivity contribution in [2.24, 2.45) is 5.92 Å². The Morgan fingerprint density at radius 3 is 2.76 bits per heavy atom. The number of thiophene rings is 1. The molecule has 3 aromatic heterocycles. The second-order valence-electron chi connectivity index (χ2n) is 6.39. The molecule has 1 N–H and O–H groups in total. The summed E-state index contributed by atoms with van der Waals surface area (Å²) in [6.45, 7) is 6.44. The van der Waals surface area contributed by atoms with Gasteiger partial charge in [-0.05, 0) is 43.0 Å². The van der Waals surface area contributed by atoms with Crippen molar-refractivity contribution in [1.29, 1.82) is 0 Å². The van der Waals surface area contributed by atoms with Gasteiger partial charge in [0.25, 0.3) is 0 Å². The Hall–Kier alpha value is -2.47. The van der Waals surface area contributed by atoms with Gasteiger partial charge in [0.1, 0.15) is 9.71 Å². The summed E-state index contributed by atoms with van der Waals surface area (Å²) < 4.78 is 4.80. The fraction of sp³-hybridized carbons (Fsp3) is 0.316. The quantitative estimate of drug-likeness (QED) is 0.670. The SMILES string of the molecule is COC(=O)c1cc2c(Nc3cnc(CC(C)C)cc3C)ccnc2s1. The van der Waals surface area contributed by atoms with Crippen LogP contribution in [0.2, 0.25) is 0 Å². The fourth-order valence-corrected chi connectivity index (χ4v) is 3.61. The maximum atomic E-state index is 11.8. The highest BCUT2D eigenvalue weighted by molar-refractivity contribution is 7.20. The van der Waals surface area contributed by atoms with Gasteiger partial charge in [-0.15, -0.1) is 11.3 Å². The van der Waals surface area contributed by atoms with Gasteiger partial charge in [0.15, 0.2) is 0 Å². The number of fused-ring (bicyclic) bond motifs is 1. The van der Waals surface area contributed by atoms with Crippen LogP contribution in [-0.2, 0) is 11.2 Å². The van der Waals surface area contributed by atoms with Crippen LogP contribution in [0.15, 0.2) is 30.6 Å². The van der Waals surface area contributed by atoms with E-state index in [1.165, 1.54) is 18.4 Å². The minimum atomic E-state index is -0.343. The summed E-state index contributed by atoms with van der Waals surface area (Å²) >= 11 is 1.33. The van der Waals surface area contributed by atoms with E-state index in [0.29, 0.717) is 10.8 Å². The van der Waals surface area contributed by atoms with Crippen LogP contribution in [0.25, 0.3) is 10.2 Å². The van der Waals surface area contributed by atoms with Gasteiger partial charge < -0.3 is 10.1 Å². The Labute approximate surface area is 151 Å². The van der Waals surface area contributed by atoms with Gasteiger partial charge in [0, 0.05) is 17.3 Å². The van der Waals surface area contributed by atoms with Gasteiger partial charge in [-0.2, -0.15) is 0 Å². The minimum Gasteiger partial charge on any atom is -0.465 e. The number of ether oxygens (including phenoxy) is 1. The lowest BCUT2D eigenvalue weighted by Crippen LogP contribution is -2.01. The third-order valence-corrected chi connectivity index (χ3v) is 4.90. The van der Waals surface area contributed by atoms with Crippen molar-refractivity contribution in [3.05, 3.63) is 46.7 Å². The molecule has 0 unspecified atom stereocenters. The molecule has 0 atom stereocenters. The summed E-state index contributed by atoms with van der Waals surface area (Å²) in [7, 11) is 1.38. The standard InChI is InChI=1S/C19H21N3O2S/c1-11(2)7-13-8-12(3)16(10-21-13)22-15-5-6-20-18-14(15)9-17(25-18)19(23)24-4/h5-6,8-11H,7H2,1-4H3,(H,20,22). The summed E-state index contributed by atoms with van der Waals surface area (Å²) in [5.74, 6) is 0.234. The molecular formula is C19H21N3O2S. The first-order chi connectivity index (χ1) is 12.0. The topological polar surface area (TPSA) is 64.1 Å². The normalized spacial score (nSPS) is 11.1. The van der Waals surface area contributed by atoms with E-state index < -0.39 is 0 Å². The molecule has 0 aliphatic heterocycles. The monoisotopic (exact) mass is 355 g/mol. The minimum absolute atomic E-state index is 0.343. The number of nitrogens with one attached hydrogen (secondary N) is 1. The van der Waals surface area contributed by atoms with E-state index >= 15 is 0 Å². The number of esters is 1. The van der Waals surface area contributed by atoms with Gasteiger partial charge >= 0.3 is 5.97 Å². The summed E-state index contributed by atoms with van der Waals surface area (Å²) in [5.41, 5.74) is 4.09. The third-order valence-electron chi connectivity index (χ3n) is 3.88. The Balaban J connectivity index is 1.92. The maximum absolute atomic E-state index is 11.8. The Bertz CT molecular complexity index is 918. The molecule has 3 rings (SSSR count). The summed E-state index contributed by atoms with van der Waals surface area (Å²) in [4.78, 5) is 22.0. The molecule has 0 aromatic carbocycles. The van der Waals surface area contributed by atoms with Crippen molar-refractivity contribution in [2.45, 2.75) is 27.2 Å². The van der Waals surface area contributed by atoms with E-state index in [1.54, 1.807) is 6.20 Å². The van der Waals surface area contributed by atoms with Gasteiger partial charge in [0.05, 0.1) is 24.7 Å². The first-order valence-corrected chi connectivity index (χ1v) is 8.99. The number of rotatable bonds is 5. The molecule has 3 aromatic rings. The molecule has 0 aliphatic carbocycles. The molecule has 0 amide bonds. The highest BCUT2D eigenvalue weighted by Gasteiger charge is 2.14. The predicted octanol–water partition coefficient (Wildman–Crippen LogP) is 4.73. The Morgan fingerprint density at radius 2 is 2.08 bits per heavy atom. The molecule has 0 bridgehead atoms. The van der Waals surface area contributed by atoms with Crippen LogP contribution >= 0.6 is 11.3 Å². The number of methoxy groups -OCH3 is 1. The average molecular weight is 355 g/mol. The van der Waals surface area contributed by atoms with Crippen LogP contribution in [0.1, 0.15) is 34.8 Å². The number of carbonyl (C=O) groups excluding carboxylic acids is 1. The van der Waals surface area contributed by atoms with E-state index in [2.05, 4.69) is 42.1 Å². The number of aryl methyl sites for hydroxylation is 1. The zero-order valence-corrected chi connectivity index (χ0v) is 15.6. The fourth-order valence-electron chi connectivity index (χ4n) is 2.67. The lowest BCUT2D eigenvalue weighted by atomic mass is 10.1. The number of hydrogen-bond acceptors (Lipinski definition) is 6. The molecule has 0 saturated heterocycles. The number of carbonyl (C=O) groups is 1. The van der Waals surface area contributed by atoms with Crippen LogP contribution in [0.4, 0.5) is 11.4 Å². The first-order valence-electron chi connectivity index (χ1n) is 8.17. The van der Waals surface area contributed by atoms with Crippen LogP contribution in [0, 0.1) is 12.8 Å². The maximum Gasteiger partial charge on any atom is 0.348 e. The van der Waals surface area contributed by atoms with Crippen LogP contribution in [-0.4, -0.2) is 23.0 Å². The van der Waals surface area contributed by atoms with E-state index in [1.807, 2.05) is 18.3 Å². The number of aromatic nitrogens is 2. The van der Waals surface area contributed by atoms with E-state index in [0.717, 1.165) is 39.3 Å². The summed E-state index contributed by atoms with van der Waals surface area (Å²) in [6.07, 6.45) is 4.57. The molecule has 130 valence electrons. The summed E-state index contributed by atoms with van der Waals surface area (Å²) in [6, 6.07) is 5.84. The van der Waals surface area contributed by atoms with Gasteiger partial charge in [0.2, 0.25) is 0 Å². The van der Waals surface area contributed by atoms with Crippen LogP contribution in [0.3, 0.4) is 0 Å². The molecule has 25 heavy (non-hydrogen) atoms. The van der Waals surface area contributed by atoms with Crippen molar-refractivity contribution >= 4 is 38.9 Å². The van der Waals surface area contributed by atoms with Gasteiger partial charge in [-0.1, -0.05) is 13.8 Å².